The van der Waals surface area contributed by atoms with Crippen LogP contribution in [-0.2, 0) is 0 Å². The van der Waals surface area contributed by atoms with Gasteiger partial charge in [0.1, 0.15) is 5.75 Å². The fourth-order valence-electron chi connectivity index (χ4n) is 1.44. The van der Waals surface area contributed by atoms with E-state index in [0.29, 0.717) is 13.0 Å². The molecule has 1 N–H and O–H groups in total. The van der Waals surface area contributed by atoms with E-state index in [1.807, 2.05) is 38.1 Å². The molecular formula is C14H20O2. The van der Waals surface area contributed by atoms with Crippen LogP contribution in [0.1, 0.15) is 38.4 Å². The highest BCUT2D eigenvalue weighted by Crippen LogP contribution is 2.26. The summed E-state index contributed by atoms with van der Waals surface area (Å²) in [6, 6.07) is 7.64. The Morgan fingerprint density at radius 3 is 2.75 bits per heavy atom. The van der Waals surface area contributed by atoms with Gasteiger partial charge in [0.05, 0.1) is 12.7 Å². The van der Waals surface area contributed by atoms with Crippen LogP contribution >= 0.6 is 0 Å². The summed E-state index contributed by atoms with van der Waals surface area (Å²) in [6.45, 7) is 8.38. The van der Waals surface area contributed by atoms with Gasteiger partial charge in [-0.3, -0.25) is 0 Å². The van der Waals surface area contributed by atoms with Crippen molar-refractivity contribution < 1.29 is 9.84 Å². The molecule has 1 rings (SSSR count). The molecule has 0 aliphatic heterocycles. The maximum Gasteiger partial charge on any atom is 0.125 e. The van der Waals surface area contributed by atoms with Crippen LogP contribution in [0.3, 0.4) is 0 Å². The van der Waals surface area contributed by atoms with Crippen LogP contribution in [0.4, 0.5) is 0 Å². The second-order valence-electron chi connectivity index (χ2n) is 4.02. The van der Waals surface area contributed by atoms with Gasteiger partial charge in [0.25, 0.3) is 0 Å². The quantitative estimate of drug-likeness (QED) is 0.744. The minimum absolute atomic E-state index is 0.443. The number of hydrogen-bond donors (Lipinski definition) is 1. The first-order valence-electron chi connectivity index (χ1n) is 5.69. The third kappa shape index (κ3) is 3.70. The molecule has 0 spiro atoms. The maximum absolute atomic E-state index is 9.82. The van der Waals surface area contributed by atoms with Crippen molar-refractivity contribution in [3.8, 4) is 5.75 Å². The molecule has 1 unspecified atom stereocenters. The number of para-hydroxylation sites is 1. The van der Waals surface area contributed by atoms with E-state index in [-0.39, 0.29) is 0 Å². The monoisotopic (exact) mass is 220 g/mol. The molecule has 0 bridgehead atoms. The van der Waals surface area contributed by atoms with E-state index in [1.165, 1.54) is 0 Å². The summed E-state index contributed by atoms with van der Waals surface area (Å²) in [5.41, 5.74) is 1.97. The Balaban J connectivity index is 2.67. The Bertz CT molecular complexity index is 344. The van der Waals surface area contributed by atoms with Gasteiger partial charge >= 0.3 is 0 Å². The number of aliphatic hydroxyl groups excluding tert-OH is 1. The molecule has 88 valence electrons. The number of benzene rings is 1. The van der Waals surface area contributed by atoms with Crippen LogP contribution in [0.25, 0.3) is 0 Å². The Hall–Kier alpha value is -1.28. The lowest BCUT2D eigenvalue weighted by Crippen LogP contribution is -2.03. The van der Waals surface area contributed by atoms with E-state index in [0.717, 1.165) is 23.3 Å². The molecule has 0 aliphatic carbocycles. The molecule has 16 heavy (non-hydrogen) atoms. The Morgan fingerprint density at radius 1 is 1.44 bits per heavy atom. The van der Waals surface area contributed by atoms with Gasteiger partial charge in [-0.1, -0.05) is 30.7 Å². The van der Waals surface area contributed by atoms with E-state index >= 15 is 0 Å². The molecule has 2 heteroatoms. The van der Waals surface area contributed by atoms with Crippen molar-refractivity contribution in [1.29, 1.82) is 0 Å². The van der Waals surface area contributed by atoms with Gasteiger partial charge in [-0.2, -0.15) is 0 Å². The summed E-state index contributed by atoms with van der Waals surface area (Å²) in [7, 11) is 0. The lowest BCUT2D eigenvalue weighted by Gasteiger charge is -2.14. The highest BCUT2D eigenvalue weighted by molar-refractivity contribution is 5.35. The Kier molecular flexibility index (Phi) is 5.06. The fraction of sp³-hybridized carbons (Fsp3) is 0.429. The fourth-order valence-corrected chi connectivity index (χ4v) is 1.44. The van der Waals surface area contributed by atoms with Gasteiger partial charge in [0.15, 0.2) is 0 Å². The van der Waals surface area contributed by atoms with Gasteiger partial charge in [-0.25, -0.2) is 0 Å². The maximum atomic E-state index is 9.82. The number of aliphatic hydroxyl groups is 1. The van der Waals surface area contributed by atoms with Crippen LogP contribution in [0.2, 0.25) is 0 Å². The topological polar surface area (TPSA) is 29.5 Å². The molecule has 1 aromatic rings. The third-order valence-electron chi connectivity index (χ3n) is 2.45. The predicted octanol–water partition coefficient (Wildman–Crippen LogP) is 3.48. The van der Waals surface area contributed by atoms with Crippen molar-refractivity contribution in [2.45, 2.75) is 32.8 Å². The van der Waals surface area contributed by atoms with Crippen LogP contribution in [0.15, 0.2) is 36.4 Å². The van der Waals surface area contributed by atoms with E-state index in [4.69, 9.17) is 4.74 Å². The van der Waals surface area contributed by atoms with Crippen molar-refractivity contribution in [3.05, 3.63) is 42.0 Å². The van der Waals surface area contributed by atoms with Crippen LogP contribution < -0.4 is 4.74 Å². The second-order valence-corrected chi connectivity index (χ2v) is 4.02. The second kappa shape index (κ2) is 6.33. The highest BCUT2D eigenvalue weighted by atomic mass is 16.5. The van der Waals surface area contributed by atoms with Gasteiger partial charge in [0.2, 0.25) is 0 Å². The molecule has 1 aromatic carbocycles. The average molecular weight is 220 g/mol. The molecule has 0 saturated heterocycles. The highest BCUT2D eigenvalue weighted by Gasteiger charge is 2.10. The lowest BCUT2D eigenvalue weighted by molar-refractivity contribution is 0.167. The minimum Gasteiger partial charge on any atom is -0.493 e. The normalized spacial score (nSPS) is 12.2. The average Bonchev–Trinajstić information content (AvgIpc) is 2.28. The lowest BCUT2D eigenvalue weighted by atomic mass is 10.1. The van der Waals surface area contributed by atoms with E-state index in [1.54, 1.807) is 0 Å². The van der Waals surface area contributed by atoms with Crippen LogP contribution in [0, 0.1) is 0 Å². The summed E-state index contributed by atoms with van der Waals surface area (Å²) in [5, 5.41) is 9.82. The van der Waals surface area contributed by atoms with Crippen molar-refractivity contribution >= 4 is 0 Å². The van der Waals surface area contributed by atoms with Gasteiger partial charge in [-0.15, -0.1) is 6.58 Å². The van der Waals surface area contributed by atoms with Crippen LogP contribution in [0.5, 0.6) is 5.75 Å². The molecule has 2 nitrogen and oxygen atoms in total. The van der Waals surface area contributed by atoms with Gasteiger partial charge < -0.3 is 9.84 Å². The summed E-state index contributed by atoms with van der Waals surface area (Å²) in [4.78, 5) is 0. The van der Waals surface area contributed by atoms with E-state index in [9.17, 15) is 5.11 Å². The molecular weight excluding hydrogens is 200 g/mol. The summed E-state index contributed by atoms with van der Waals surface area (Å²) >= 11 is 0. The van der Waals surface area contributed by atoms with Crippen molar-refractivity contribution in [2.75, 3.05) is 6.61 Å². The van der Waals surface area contributed by atoms with Crippen molar-refractivity contribution in [2.24, 2.45) is 0 Å². The van der Waals surface area contributed by atoms with Crippen molar-refractivity contribution in [3.63, 3.8) is 0 Å². The van der Waals surface area contributed by atoms with E-state index < -0.39 is 6.10 Å². The number of rotatable bonds is 6. The van der Waals surface area contributed by atoms with Crippen LogP contribution in [-0.4, -0.2) is 11.7 Å². The zero-order chi connectivity index (χ0) is 12.0. The largest absolute Gasteiger partial charge is 0.493 e. The zero-order valence-electron chi connectivity index (χ0n) is 10.1. The summed E-state index contributed by atoms with van der Waals surface area (Å²) in [6.07, 6.45) is 1.10. The molecule has 0 fully saturated rings. The Labute approximate surface area is 97.6 Å². The molecule has 0 radical (unpaired) electrons. The SMILES string of the molecule is C=C(C)CCOc1ccccc1C(O)CC. The number of ether oxygens (including phenoxy) is 1. The first-order chi connectivity index (χ1) is 7.65. The minimum atomic E-state index is -0.443. The molecule has 0 aromatic heterocycles. The first kappa shape index (κ1) is 12.8. The van der Waals surface area contributed by atoms with Crippen molar-refractivity contribution in [1.82, 2.24) is 0 Å². The Morgan fingerprint density at radius 2 is 2.12 bits per heavy atom. The zero-order valence-corrected chi connectivity index (χ0v) is 10.1. The predicted molar refractivity (Wildman–Crippen MR) is 66.6 cm³/mol. The molecule has 0 heterocycles. The molecule has 0 saturated carbocycles. The third-order valence-corrected chi connectivity index (χ3v) is 2.45. The standard InChI is InChI=1S/C14H20O2/c1-4-13(15)12-7-5-6-8-14(12)16-10-9-11(2)3/h5-8,13,15H,2,4,9-10H2,1,3H3. The van der Waals surface area contributed by atoms with E-state index in [2.05, 4.69) is 6.58 Å². The molecule has 0 amide bonds. The first-order valence-corrected chi connectivity index (χ1v) is 5.69. The molecule has 0 aliphatic rings. The summed E-state index contributed by atoms with van der Waals surface area (Å²) in [5.74, 6) is 0.776. The van der Waals surface area contributed by atoms with Gasteiger partial charge in [-0.05, 0) is 19.4 Å². The summed E-state index contributed by atoms with van der Waals surface area (Å²) < 4.78 is 5.65. The smallest absolute Gasteiger partial charge is 0.125 e. The number of hydrogen-bond acceptors (Lipinski definition) is 2. The van der Waals surface area contributed by atoms with Gasteiger partial charge in [0, 0.05) is 12.0 Å². The molecule has 1 atom stereocenters.